The van der Waals surface area contributed by atoms with Crippen molar-refractivity contribution in [3.63, 3.8) is 0 Å². The molecule has 0 aliphatic carbocycles. The van der Waals surface area contributed by atoms with E-state index in [-0.39, 0.29) is 6.10 Å². The van der Waals surface area contributed by atoms with Crippen molar-refractivity contribution in [3.8, 4) is 0 Å². The number of aliphatic hydroxyl groups excluding tert-OH is 1. The fourth-order valence-electron chi connectivity index (χ4n) is 1.17. The molecule has 0 fully saturated rings. The summed E-state index contributed by atoms with van der Waals surface area (Å²) in [5, 5.41) is 9.03. The third-order valence-corrected chi connectivity index (χ3v) is 2.03. The van der Waals surface area contributed by atoms with E-state index in [0.717, 1.165) is 26.1 Å². The number of allylic oxidation sites excluding steroid dienone is 3. The van der Waals surface area contributed by atoms with Crippen LogP contribution >= 0.6 is 0 Å². The monoisotopic (exact) mass is 212 g/mol. The van der Waals surface area contributed by atoms with E-state index in [1.165, 1.54) is 0 Å². The number of rotatable bonds is 8. The Bertz CT molecular complexity index is 183. The lowest BCUT2D eigenvalue weighted by Gasteiger charge is -2.08. The summed E-state index contributed by atoms with van der Waals surface area (Å²) in [6, 6.07) is 0. The highest BCUT2D eigenvalue weighted by Gasteiger charge is 1.98. The van der Waals surface area contributed by atoms with Crippen LogP contribution in [0.2, 0.25) is 0 Å². The average molecular weight is 212 g/mol. The second kappa shape index (κ2) is 9.94. The van der Waals surface area contributed by atoms with Crippen molar-refractivity contribution in [1.29, 1.82) is 0 Å². The molecular weight excluding hydrogens is 188 g/mol. The third kappa shape index (κ3) is 11.3. The van der Waals surface area contributed by atoms with Gasteiger partial charge in [-0.15, -0.1) is 0 Å². The van der Waals surface area contributed by atoms with Gasteiger partial charge in [-0.25, -0.2) is 0 Å². The molecule has 0 aliphatic rings. The van der Waals surface area contributed by atoms with Gasteiger partial charge in [0.15, 0.2) is 0 Å². The molecule has 0 saturated carbocycles. The average Bonchev–Trinajstić information content (AvgIpc) is 2.17. The molecule has 2 unspecified atom stereocenters. The third-order valence-electron chi connectivity index (χ3n) is 2.03. The first-order valence-electron chi connectivity index (χ1n) is 5.72. The molecule has 0 aromatic heterocycles. The van der Waals surface area contributed by atoms with E-state index >= 15 is 0 Å². The first-order valence-corrected chi connectivity index (χ1v) is 5.72. The molecule has 0 aliphatic heterocycles. The molecule has 2 heteroatoms. The lowest BCUT2D eigenvalue weighted by molar-refractivity contribution is 0.0992. The minimum Gasteiger partial charge on any atom is -0.393 e. The van der Waals surface area contributed by atoms with Gasteiger partial charge in [-0.1, -0.05) is 31.2 Å². The lowest BCUT2D eigenvalue weighted by atomic mass is 10.2. The largest absolute Gasteiger partial charge is 0.393 e. The zero-order chi connectivity index (χ0) is 11.5. The summed E-state index contributed by atoms with van der Waals surface area (Å²) in [5.41, 5.74) is 0. The van der Waals surface area contributed by atoms with E-state index in [1.807, 2.05) is 32.1 Å². The Hall–Kier alpha value is -0.600. The van der Waals surface area contributed by atoms with Gasteiger partial charge in [-0.2, -0.15) is 0 Å². The molecule has 0 heterocycles. The van der Waals surface area contributed by atoms with Crippen LogP contribution in [0.15, 0.2) is 24.3 Å². The van der Waals surface area contributed by atoms with E-state index in [9.17, 15) is 0 Å². The molecular formula is C13H24O2. The van der Waals surface area contributed by atoms with Crippen molar-refractivity contribution in [2.45, 2.75) is 39.7 Å². The van der Waals surface area contributed by atoms with Crippen molar-refractivity contribution in [2.24, 2.45) is 5.92 Å². The summed E-state index contributed by atoms with van der Waals surface area (Å²) in [6.07, 6.45) is 9.75. The van der Waals surface area contributed by atoms with Gasteiger partial charge in [0.2, 0.25) is 0 Å². The van der Waals surface area contributed by atoms with Crippen LogP contribution in [0.25, 0.3) is 0 Å². The molecule has 0 rings (SSSR count). The molecule has 1 N–H and O–H groups in total. The Morgan fingerprint density at radius 3 is 2.60 bits per heavy atom. The van der Waals surface area contributed by atoms with E-state index in [1.54, 1.807) is 0 Å². The van der Waals surface area contributed by atoms with Gasteiger partial charge in [0.05, 0.1) is 12.7 Å². The fraction of sp³-hybridized carbons (Fsp3) is 0.692. The Labute approximate surface area is 93.6 Å². The molecule has 0 aromatic rings. The van der Waals surface area contributed by atoms with Crippen molar-refractivity contribution < 1.29 is 9.84 Å². The molecule has 0 saturated heterocycles. The summed E-state index contributed by atoms with van der Waals surface area (Å²) >= 11 is 0. The van der Waals surface area contributed by atoms with Gasteiger partial charge in [0, 0.05) is 6.61 Å². The summed E-state index contributed by atoms with van der Waals surface area (Å²) in [6.45, 7) is 7.44. The van der Waals surface area contributed by atoms with Crippen molar-refractivity contribution in [1.82, 2.24) is 0 Å². The number of hydrogen-bond acceptors (Lipinski definition) is 2. The predicted molar refractivity (Wildman–Crippen MR) is 64.9 cm³/mol. The Balaban J connectivity index is 3.34. The maximum Gasteiger partial charge on any atom is 0.0526 e. The van der Waals surface area contributed by atoms with Gasteiger partial charge >= 0.3 is 0 Å². The molecule has 0 aromatic carbocycles. The predicted octanol–water partition coefficient (Wildman–Crippen LogP) is 2.93. The Morgan fingerprint density at radius 1 is 1.27 bits per heavy atom. The Kier molecular flexibility index (Phi) is 9.54. The van der Waals surface area contributed by atoms with Crippen LogP contribution < -0.4 is 0 Å². The van der Waals surface area contributed by atoms with Crippen LogP contribution in [0.1, 0.15) is 33.6 Å². The first-order chi connectivity index (χ1) is 7.16. The smallest absolute Gasteiger partial charge is 0.0526 e. The number of aliphatic hydroxyl groups is 1. The zero-order valence-electron chi connectivity index (χ0n) is 10.1. The molecule has 15 heavy (non-hydrogen) atoms. The highest BCUT2D eigenvalue weighted by molar-refractivity contribution is 5.02. The van der Waals surface area contributed by atoms with Crippen LogP contribution in [0, 0.1) is 5.92 Å². The van der Waals surface area contributed by atoms with Gasteiger partial charge in [0.1, 0.15) is 0 Å². The maximum atomic E-state index is 9.03. The Morgan fingerprint density at radius 2 is 2.00 bits per heavy atom. The van der Waals surface area contributed by atoms with Gasteiger partial charge in [-0.05, 0) is 32.6 Å². The SMILES string of the molecule is C/C=C\C=C/C(C)COCCCC(C)O. The first kappa shape index (κ1) is 14.4. The molecule has 2 atom stereocenters. The fourth-order valence-corrected chi connectivity index (χ4v) is 1.17. The number of ether oxygens (including phenoxy) is 1. The summed E-state index contributed by atoms with van der Waals surface area (Å²) in [7, 11) is 0. The molecule has 2 nitrogen and oxygen atoms in total. The molecule has 88 valence electrons. The minimum absolute atomic E-state index is 0.208. The minimum atomic E-state index is -0.208. The molecule has 0 amide bonds. The summed E-state index contributed by atoms with van der Waals surface area (Å²) in [4.78, 5) is 0. The summed E-state index contributed by atoms with van der Waals surface area (Å²) < 4.78 is 5.49. The second-order valence-corrected chi connectivity index (χ2v) is 3.95. The van der Waals surface area contributed by atoms with Gasteiger partial charge < -0.3 is 9.84 Å². The van der Waals surface area contributed by atoms with Gasteiger partial charge in [-0.3, -0.25) is 0 Å². The number of hydrogen-bond donors (Lipinski definition) is 1. The highest BCUT2D eigenvalue weighted by atomic mass is 16.5. The van der Waals surface area contributed by atoms with E-state index < -0.39 is 0 Å². The van der Waals surface area contributed by atoms with Crippen molar-refractivity contribution in [2.75, 3.05) is 13.2 Å². The highest BCUT2D eigenvalue weighted by Crippen LogP contribution is 2.01. The standard InChI is InChI=1S/C13H24O2/c1-4-5-6-8-12(2)11-15-10-7-9-13(3)14/h4-6,8,12-14H,7,9-11H2,1-3H3/b5-4-,8-6-. The topological polar surface area (TPSA) is 29.5 Å². The normalized spacial score (nSPS) is 16.3. The van der Waals surface area contributed by atoms with E-state index in [0.29, 0.717) is 5.92 Å². The van der Waals surface area contributed by atoms with E-state index in [2.05, 4.69) is 13.0 Å². The quantitative estimate of drug-likeness (QED) is 0.495. The van der Waals surface area contributed by atoms with Crippen LogP contribution in [0.3, 0.4) is 0 Å². The van der Waals surface area contributed by atoms with Crippen LogP contribution in [0.5, 0.6) is 0 Å². The maximum absolute atomic E-state index is 9.03. The molecule has 0 spiro atoms. The van der Waals surface area contributed by atoms with Crippen LogP contribution in [0.4, 0.5) is 0 Å². The van der Waals surface area contributed by atoms with Crippen molar-refractivity contribution >= 4 is 0 Å². The molecule has 0 radical (unpaired) electrons. The van der Waals surface area contributed by atoms with Crippen molar-refractivity contribution in [3.05, 3.63) is 24.3 Å². The summed E-state index contributed by atoms with van der Waals surface area (Å²) in [5.74, 6) is 0.452. The second-order valence-electron chi connectivity index (χ2n) is 3.95. The van der Waals surface area contributed by atoms with Crippen LogP contribution in [-0.2, 0) is 4.74 Å². The van der Waals surface area contributed by atoms with Crippen LogP contribution in [-0.4, -0.2) is 24.4 Å². The van der Waals surface area contributed by atoms with Gasteiger partial charge in [0.25, 0.3) is 0 Å². The molecule has 0 bridgehead atoms. The lowest BCUT2D eigenvalue weighted by Crippen LogP contribution is -2.07. The zero-order valence-corrected chi connectivity index (χ0v) is 10.1. The van der Waals surface area contributed by atoms with E-state index in [4.69, 9.17) is 9.84 Å².